The third kappa shape index (κ3) is 3.61. The van der Waals surface area contributed by atoms with Gasteiger partial charge in [0.05, 0.1) is 6.04 Å². The molecule has 1 atom stereocenters. The van der Waals surface area contributed by atoms with E-state index in [4.69, 9.17) is 9.16 Å². The first-order chi connectivity index (χ1) is 9.40. The molecule has 2 amide bonds. The number of imide groups is 1. The lowest BCUT2D eigenvalue weighted by atomic mass is 10.0. The quantitative estimate of drug-likeness (QED) is 0.678. The summed E-state index contributed by atoms with van der Waals surface area (Å²) in [4.78, 5) is 25.2. The van der Waals surface area contributed by atoms with Crippen molar-refractivity contribution in [1.29, 1.82) is 0 Å². The Bertz CT molecular complexity index is 347. The summed E-state index contributed by atoms with van der Waals surface area (Å²) in [5, 5.41) is 0. The molecule has 0 N–H and O–H groups in total. The molecular formula is C14H27NO4Si. The van der Waals surface area contributed by atoms with Crippen molar-refractivity contribution >= 4 is 20.3 Å². The molecule has 0 aromatic heterocycles. The predicted octanol–water partition coefficient (Wildman–Crippen LogP) is 3.01. The van der Waals surface area contributed by atoms with Gasteiger partial charge in [-0.1, -0.05) is 34.6 Å². The molecule has 0 saturated carbocycles. The standard InChI is InChI=1S/C14H27NO4Si/c1-6-20(7-2,8-3)19-10-13(16)15-12(11(4)5)9-18-14(15)17/h11-12H,6-10H2,1-5H3/t12-/m1/s1. The fraction of sp³-hybridized carbons (Fsp3) is 0.857. The zero-order chi connectivity index (χ0) is 15.3. The molecule has 1 rings (SSSR count). The molecule has 20 heavy (non-hydrogen) atoms. The number of hydrogen-bond acceptors (Lipinski definition) is 4. The van der Waals surface area contributed by atoms with Gasteiger partial charge in [0, 0.05) is 0 Å². The molecule has 6 heteroatoms. The van der Waals surface area contributed by atoms with Gasteiger partial charge in [-0.2, -0.15) is 0 Å². The van der Waals surface area contributed by atoms with Gasteiger partial charge in [0.15, 0.2) is 8.32 Å². The highest BCUT2D eigenvalue weighted by Gasteiger charge is 2.40. The maximum absolute atomic E-state index is 12.3. The lowest BCUT2D eigenvalue weighted by Gasteiger charge is -2.29. The van der Waals surface area contributed by atoms with Gasteiger partial charge in [0.25, 0.3) is 5.91 Å². The average Bonchev–Trinajstić information content (AvgIpc) is 2.83. The number of ether oxygens (including phenoxy) is 1. The van der Waals surface area contributed by atoms with Crippen molar-refractivity contribution in [2.75, 3.05) is 13.2 Å². The van der Waals surface area contributed by atoms with Crippen LogP contribution in [0.15, 0.2) is 0 Å². The monoisotopic (exact) mass is 301 g/mol. The molecule has 0 aromatic carbocycles. The molecule has 0 spiro atoms. The first-order valence-corrected chi connectivity index (χ1v) is 10.1. The van der Waals surface area contributed by atoms with Crippen molar-refractivity contribution in [2.45, 2.75) is 58.8 Å². The Morgan fingerprint density at radius 3 is 2.35 bits per heavy atom. The van der Waals surface area contributed by atoms with Crippen LogP contribution in [0.25, 0.3) is 0 Å². The number of carbonyl (C=O) groups excluding carboxylic acids is 2. The highest BCUT2D eigenvalue weighted by atomic mass is 28.4. The Morgan fingerprint density at radius 1 is 1.35 bits per heavy atom. The largest absolute Gasteiger partial charge is 0.447 e. The SMILES string of the molecule is CC[Si](CC)(CC)OCC(=O)N1C(=O)OC[C@@H]1C(C)C. The Labute approximate surface area is 122 Å². The van der Waals surface area contributed by atoms with E-state index >= 15 is 0 Å². The second kappa shape index (κ2) is 7.22. The van der Waals surface area contributed by atoms with Crippen LogP contribution in [0.2, 0.25) is 18.1 Å². The Hall–Kier alpha value is -0.883. The van der Waals surface area contributed by atoms with Gasteiger partial charge >= 0.3 is 6.09 Å². The minimum Gasteiger partial charge on any atom is -0.447 e. The second-order valence-electron chi connectivity index (χ2n) is 5.68. The van der Waals surface area contributed by atoms with Crippen molar-refractivity contribution in [3.05, 3.63) is 0 Å². The Balaban J connectivity index is 2.68. The topological polar surface area (TPSA) is 55.8 Å². The van der Waals surface area contributed by atoms with Crippen molar-refractivity contribution in [3.8, 4) is 0 Å². The van der Waals surface area contributed by atoms with E-state index in [1.807, 2.05) is 13.8 Å². The summed E-state index contributed by atoms with van der Waals surface area (Å²) in [7, 11) is -1.80. The van der Waals surface area contributed by atoms with Crippen LogP contribution in [0.3, 0.4) is 0 Å². The van der Waals surface area contributed by atoms with Crippen LogP contribution in [0.1, 0.15) is 34.6 Å². The zero-order valence-electron chi connectivity index (χ0n) is 13.3. The molecule has 1 aliphatic rings. The maximum atomic E-state index is 12.3. The predicted molar refractivity (Wildman–Crippen MR) is 80.0 cm³/mol. The molecule has 0 aromatic rings. The van der Waals surface area contributed by atoms with Crippen LogP contribution in [0, 0.1) is 5.92 Å². The van der Waals surface area contributed by atoms with E-state index in [0.717, 1.165) is 18.1 Å². The van der Waals surface area contributed by atoms with Crippen molar-refractivity contribution in [3.63, 3.8) is 0 Å². The van der Waals surface area contributed by atoms with E-state index in [0.29, 0.717) is 6.61 Å². The van der Waals surface area contributed by atoms with Crippen molar-refractivity contribution in [1.82, 2.24) is 4.90 Å². The lowest BCUT2D eigenvalue weighted by molar-refractivity contribution is -0.132. The van der Waals surface area contributed by atoms with Crippen LogP contribution in [0.4, 0.5) is 4.79 Å². The van der Waals surface area contributed by atoms with E-state index in [1.54, 1.807) is 0 Å². The average molecular weight is 301 g/mol. The molecule has 116 valence electrons. The number of hydrogen-bond donors (Lipinski definition) is 0. The highest BCUT2D eigenvalue weighted by molar-refractivity contribution is 6.73. The summed E-state index contributed by atoms with van der Waals surface area (Å²) >= 11 is 0. The van der Waals surface area contributed by atoms with Crippen LogP contribution in [0.5, 0.6) is 0 Å². The van der Waals surface area contributed by atoms with Crippen LogP contribution in [-0.4, -0.2) is 44.5 Å². The minimum absolute atomic E-state index is 0.0000617. The van der Waals surface area contributed by atoms with Crippen LogP contribution < -0.4 is 0 Å². The number of cyclic esters (lactones) is 1. The summed E-state index contributed by atoms with van der Waals surface area (Å²) < 4.78 is 11.0. The molecule has 0 radical (unpaired) electrons. The molecule has 0 bridgehead atoms. The maximum Gasteiger partial charge on any atom is 0.417 e. The normalized spacial score (nSPS) is 19.6. The van der Waals surface area contributed by atoms with E-state index in [9.17, 15) is 9.59 Å². The van der Waals surface area contributed by atoms with Crippen molar-refractivity contribution in [2.24, 2.45) is 5.92 Å². The van der Waals surface area contributed by atoms with Gasteiger partial charge in [0.2, 0.25) is 0 Å². The number of rotatable bonds is 7. The van der Waals surface area contributed by atoms with E-state index in [1.165, 1.54) is 4.90 Å². The van der Waals surface area contributed by atoms with E-state index < -0.39 is 14.4 Å². The summed E-state index contributed by atoms with van der Waals surface area (Å²) in [6, 6.07) is 2.81. The summed E-state index contributed by atoms with van der Waals surface area (Å²) in [5.74, 6) is -0.0747. The summed E-state index contributed by atoms with van der Waals surface area (Å²) in [5.41, 5.74) is 0. The molecule has 1 saturated heterocycles. The number of amides is 2. The lowest BCUT2D eigenvalue weighted by Crippen LogP contribution is -2.46. The summed E-state index contributed by atoms with van der Waals surface area (Å²) in [6.45, 7) is 10.6. The zero-order valence-corrected chi connectivity index (χ0v) is 14.3. The van der Waals surface area contributed by atoms with Gasteiger partial charge < -0.3 is 9.16 Å². The Kier molecular flexibility index (Phi) is 6.20. The third-order valence-corrected chi connectivity index (χ3v) is 9.00. The molecule has 1 aliphatic heterocycles. The van der Waals surface area contributed by atoms with Crippen LogP contribution in [-0.2, 0) is 14.0 Å². The van der Waals surface area contributed by atoms with Gasteiger partial charge in [-0.3, -0.25) is 4.79 Å². The van der Waals surface area contributed by atoms with Gasteiger partial charge in [-0.25, -0.2) is 9.69 Å². The summed E-state index contributed by atoms with van der Waals surface area (Å²) in [6.07, 6.45) is -0.533. The first-order valence-electron chi connectivity index (χ1n) is 7.53. The van der Waals surface area contributed by atoms with Gasteiger partial charge in [-0.05, 0) is 24.1 Å². The third-order valence-electron chi connectivity index (χ3n) is 4.38. The molecule has 0 aliphatic carbocycles. The van der Waals surface area contributed by atoms with E-state index in [-0.39, 0.29) is 24.5 Å². The first kappa shape index (κ1) is 17.2. The molecule has 1 heterocycles. The smallest absolute Gasteiger partial charge is 0.417 e. The number of carbonyl (C=O) groups is 2. The highest BCUT2D eigenvalue weighted by Crippen LogP contribution is 2.23. The van der Waals surface area contributed by atoms with Crippen LogP contribution >= 0.6 is 0 Å². The van der Waals surface area contributed by atoms with Gasteiger partial charge in [-0.15, -0.1) is 0 Å². The molecule has 1 fully saturated rings. The van der Waals surface area contributed by atoms with Crippen molar-refractivity contribution < 1.29 is 18.8 Å². The number of nitrogens with zero attached hydrogens (tertiary/aromatic N) is 1. The second-order valence-corrected chi connectivity index (χ2v) is 10.5. The molecular weight excluding hydrogens is 274 g/mol. The Morgan fingerprint density at radius 2 is 1.90 bits per heavy atom. The fourth-order valence-electron chi connectivity index (χ4n) is 2.55. The van der Waals surface area contributed by atoms with E-state index in [2.05, 4.69) is 20.8 Å². The minimum atomic E-state index is -1.80. The molecule has 0 unspecified atom stereocenters. The molecule has 5 nitrogen and oxygen atoms in total. The fourth-order valence-corrected chi connectivity index (χ4v) is 5.10. The van der Waals surface area contributed by atoms with Gasteiger partial charge in [0.1, 0.15) is 13.2 Å².